The van der Waals surface area contributed by atoms with Gasteiger partial charge in [-0.05, 0) is 25.7 Å². The fraction of sp³-hybridized carbons (Fsp3) is 0.867. The first-order valence-electron chi connectivity index (χ1n) is 7.71. The average molecular weight is 284 g/mol. The summed E-state index contributed by atoms with van der Waals surface area (Å²) in [7, 11) is 0. The Hall–Kier alpha value is -1.10. The molecule has 0 bridgehead atoms. The molecule has 0 aromatic rings. The lowest BCUT2D eigenvalue weighted by molar-refractivity contribution is -0.134. The highest BCUT2D eigenvalue weighted by molar-refractivity contribution is 5.83. The second-order valence-corrected chi connectivity index (χ2v) is 5.72. The normalized spacial score (nSPS) is 19.3. The fourth-order valence-corrected chi connectivity index (χ4v) is 2.64. The van der Waals surface area contributed by atoms with Crippen LogP contribution in [0, 0.1) is 11.3 Å². The first-order chi connectivity index (χ1) is 9.55. The monoisotopic (exact) mass is 284 g/mol. The molecule has 5 nitrogen and oxygen atoms in total. The maximum atomic E-state index is 12.2. The summed E-state index contributed by atoms with van der Waals surface area (Å²) in [6, 6.07) is 0. The molecule has 0 aromatic heterocycles. The molecule has 1 atom stereocenters. The summed E-state index contributed by atoms with van der Waals surface area (Å²) in [5.41, 5.74) is 4.90. The number of amides is 2. The first kappa shape index (κ1) is 17.0. The van der Waals surface area contributed by atoms with Crippen LogP contribution in [0.15, 0.2) is 0 Å². The number of nitrogens with two attached hydrogens (primary N) is 1. The molecule has 0 saturated carbocycles. The van der Waals surface area contributed by atoms with E-state index in [2.05, 4.69) is 12.2 Å². The Morgan fingerprint density at radius 1 is 1.30 bits per heavy atom. The van der Waals surface area contributed by atoms with Crippen LogP contribution in [0.1, 0.15) is 52.4 Å². The van der Waals surface area contributed by atoms with Crippen LogP contribution in [-0.2, 0) is 14.3 Å². The van der Waals surface area contributed by atoms with Crippen molar-refractivity contribution in [1.29, 1.82) is 0 Å². The molecule has 0 aliphatic carbocycles. The minimum Gasteiger partial charge on any atom is -0.381 e. The third-order valence-electron chi connectivity index (χ3n) is 4.34. The summed E-state index contributed by atoms with van der Waals surface area (Å²) in [6.07, 6.45) is 5.07. The molecular formula is C15H28N2O3. The van der Waals surface area contributed by atoms with E-state index in [1.54, 1.807) is 0 Å². The van der Waals surface area contributed by atoms with Gasteiger partial charge in [-0.25, -0.2) is 0 Å². The van der Waals surface area contributed by atoms with Crippen LogP contribution in [0.4, 0.5) is 0 Å². The van der Waals surface area contributed by atoms with Crippen molar-refractivity contribution in [2.24, 2.45) is 17.1 Å². The van der Waals surface area contributed by atoms with Crippen LogP contribution >= 0.6 is 0 Å². The summed E-state index contributed by atoms with van der Waals surface area (Å²) in [4.78, 5) is 23.9. The van der Waals surface area contributed by atoms with Crippen molar-refractivity contribution >= 4 is 11.8 Å². The lowest BCUT2D eigenvalue weighted by Crippen LogP contribution is -2.50. The zero-order valence-electron chi connectivity index (χ0n) is 12.7. The fourth-order valence-electron chi connectivity index (χ4n) is 2.64. The van der Waals surface area contributed by atoms with Gasteiger partial charge in [0.05, 0.1) is 5.41 Å². The third-order valence-corrected chi connectivity index (χ3v) is 4.34. The molecule has 2 amide bonds. The number of carbonyl (C=O) groups excluding carboxylic acids is 2. The van der Waals surface area contributed by atoms with E-state index < -0.39 is 5.41 Å². The van der Waals surface area contributed by atoms with Crippen molar-refractivity contribution in [2.75, 3.05) is 19.8 Å². The summed E-state index contributed by atoms with van der Waals surface area (Å²) in [5.74, 6) is -0.240. The third kappa shape index (κ3) is 4.47. The molecule has 1 aliphatic heterocycles. The highest BCUT2D eigenvalue weighted by Crippen LogP contribution is 2.29. The minimum absolute atomic E-state index is 0.0414. The number of rotatable bonds is 8. The number of primary amides is 1. The second-order valence-electron chi connectivity index (χ2n) is 5.72. The van der Waals surface area contributed by atoms with Gasteiger partial charge < -0.3 is 15.8 Å². The van der Waals surface area contributed by atoms with Gasteiger partial charge in [0, 0.05) is 25.7 Å². The van der Waals surface area contributed by atoms with Gasteiger partial charge >= 0.3 is 0 Å². The zero-order valence-corrected chi connectivity index (χ0v) is 12.7. The number of nitrogens with one attached hydrogen (secondary N) is 1. The summed E-state index contributed by atoms with van der Waals surface area (Å²) >= 11 is 0. The maximum absolute atomic E-state index is 12.2. The second kappa shape index (κ2) is 8.25. The summed E-state index contributed by atoms with van der Waals surface area (Å²) in [6.45, 7) is 5.55. The standard InChI is InChI=1S/C15H28N2O3/c1-3-5-6-12(4-2)13(18)17-11-15(14(16)19)7-9-20-10-8-15/h12H,3-11H2,1-2H3,(H2,16,19)(H,17,18). The van der Waals surface area contributed by atoms with Gasteiger partial charge in [0.15, 0.2) is 0 Å². The van der Waals surface area contributed by atoms with Crippen molar-refractivity contribution in [3.8, 4) is 0 Å². The average Bonchev–Trinajstić information content (AvgIpc) is 2.46. The van der Waals surface area contributed by atoms with Crippen molar-refractivity contribution in [1.82, 2.24) is 5.32 Å². The van der Waals surface area contributed by atoms with E-state index in [4.69, 9.17) is 10.5 Å². The molecule has 20 heavy (non-hydrogen) atoms. The molecule has 1 unspecified atom stereocenters. The van der Waals surface area contributed by atoms with Gasteiger partial charge in [-0.15, -0.1) is 0 Å². The Kier molecular flexibility index (Phi) is 6.99. The summed E-state index contributed by atoms with van der Waals surface area (Å²) in [5, 5.41) is 2.94. The van der Waals surface area contributed by atoms with Crippen LogP contribution in [0.5, 0.6) is 0 Å². The lowest BCUT2D eigenvalue weighted by atomic mass is 9.79. The van der Waals surface area contributed by atoms with Crippen LogP contribution in [0.2, 0.25) is 0 Å². The van der Waals surface area contributed by atoms with E-state index >= 15 is 0 Å². The zero-order chi connectivity index (χ0) is 15.0. The first-order valence-corrected chi connectivity index (χ1v) is 7.71. The van der Waals surface area contributed by atoms with Gasteiger partial charge in [0.25, 0.3) is 0 Å². The highest BCUT2D eigenvalue weighted by Gasteiger charge is 2.39. The number of carbonyl (C=O) groups is 2. The van der Waals surface area contributed by atoms with Crippen molar-refractivity contribution in [2.45, 2.75) is 52.4 Å². The minimum atomic E-state index is -0.628. The molecule has 1 heterocycles. The van der Waals surface area contributed by atoms with E-state index in [1.807, 2.05) is 6.92 Å². The smallest absolute Gasteiger partial charge is 0.225 e. The van der Waals surface area contributed by atoms with Gasteiger partial charge in [0.1, 0.15) is 0 Å². The topological polar surface area (TPSA) is 81.4 Å². The van der Waals surface area contributed by atoms with Gasteiger partial charge in [-0.1, -0.05) is 26.7 Å². The Labute approximate surface area is 121 Å². The van der Waals surface area contributed by atoms with Gasteiger partial charge in [-0.2, -0.15) is 0 Å². The Bertz CT molecular complexity index is 325. The lowest BCUT2D eigenvalue weighted by Gasteiger charge is -2.34. The van der Waals surface area contributed by atoms with Crippen LogP contribution < -0.4 is 11.1 Å². The molecule has 1 fully saturated rings. The molecule has 3 N–H and O–H groups in total. The molecule has 0 radical (unpaired) electrons. The predicted octanol–water partition coefficient (Wildman–Crippen LogP) is 1.60. The molecule has 0 spiro atoms. The molecular weight excluding hydrogens is 256 g/mol. The highest BCUT2D eigenvalue weighted by atomic mass is 16.5. The Morgan fingerprint density at radius 3 is 2.45 bits per heavy atom. The number of hydrogen-bond donors (Lipinski definition) is 2. The Morgan fingerprint density at radius 2 is 1.95 bits per heavy atom. The van der Waals surface area contributed by atoms with Crippen LogP contribution in [-0.4, -0.2) is 31.6 Å². The van der Waals surface area contributed by atoms with E-state index in [9.17, 15) is 9.59 Å². The number of hydrogen-bond acceptors (Lipinski definition) is 3. The van der Waals surface area contributed by atoms with Crippen LogP contribution in [0.25, 0.3) is 0 Å². The van der Waals surface area contributed by atoms with Gasteiger partial charge in [0.2, 0.25) is 11.8 Å². The van der Waals surface area contributed by atoms with E-state index in [1.165, 1.54) is 0 Å². The maximum Gasteiger partial charge on any atom is 0.225 e. The molecule has 1 saturated heterocycles. The van der Waals surface area contributed by atoms with E-state index in [0.717, 1.165) is 25.7 Å². The van der Waals surface area contributed by atoms with Crippen molar-refractivity contribution in [3.63, 3.8) is 0 Å². The van der Waals surface area contributed by atoms with E-state index in [0.29, 0.717) is 32.6 Å². The van der Waals surface area contributed by atoms with Gasteiger partial charge in [-0.3, -0.25) is 9.59 Å². The number of ether oxygens (including phenoxy) is 1. The van der Waals surface area contributed by atoms with Crippen molar-refractivity contribution < 1.29 is 14.3 Å². The molecule has 1 rings (SSSR count). The summed E-state index contributed by atoms with van der Waals surface area (Å²) < 4.78 is 5.28. The molecule has 0 aromatic carbocycles. The molecule has 1 aliphatic rings. The SMILES string of the molecule is CCCCC(CC)C(=O)NCC1(C(N)=O)CCOCC1. The Balaban J connectivity index is 2.53. The quantitative estimate of drug-likeness (QED) is 0.710. The largest absolute Gasteiger partial charge is 0.381 e. The van der Waals surface area contributed by atoms with Crippen molar-refractivity contribution in [3.05, 3.63) is 0 Å². The molecule has 5 heteroatoms. The predicted molar refractivity (Wildman–Crippen MR) is 78.0 cm³/mol. The molecule has 116 valence electrons. The van der Waals surface area contributed by atoms with E-state index in [-0.39, 0.29) is 17.7 Å². The van der Waals surface area contributed by atoms with Crippen LogP contribution in [0.3, 0.4) is 0 Å². The number of unbranched alkanes of at least 4 members (excludes halogenated alkanes) is 1.